The Labute approximate surface area is 98.6 Å². The Morgan fingerprint density at radius 1 is 1.20 bits per heavy atom. The van der Waals surface area contributed by atoms with Crippen molar-refractivity contribution in [2.45, 2.75) is 20.3 Å². The molecule has 0 atom stereocenters. The van der Waals surface area contributed by atoms with Gasteiger partial charge in [0.2, 0.25) is 0 Å². The Balaban J connectivity index is 2.15. The van der Waals surface area contributed by atoms with Crippen LogP contribution in [-0.2, 0) is 0 Å². The van der Waals surface area contributed by atoms with Crippen LogP contribution in [0.1, 0.15) is 20.3 Å². The van der Waals surface area contributed by atoms with Gasteiger partial charge in [-0.15, -0.1) is 0 Å². The van der Waals surface area contributed by atoms with E-state index < -0.39 is 0 Å². The van der Waals surface area contributed by atoms with E-state index in [1.807, 2.05) is 0 Å². The topological polar surface area (TPSA) is 32.5 Å². The molecule has 0 spiro atoms. The number of hydrogen-bond acceptors (Lipinski definition) is 3. The lowest BCUT2D eigenvalue weighted by atomic mass is 10.1. The molecule has 3 nitrogen and oxygen atoms in total. The van der Waals surface area contributed by atoms with Crippen molar-refractivity contribution in [2.75, 3.05) is 39.3 Å². The smallest absolute Gasteiger partial charge is 0.0870 e. The summed E-state index contributed by atoms with van der Waals surface area (Å²) in [7, 11) is 0. The highest BCUT2D eigenvalue weighted by Crippen LogP contribution is 2.06. The van der Waals surface area contributed by atoms with Gasteiger partial charge in [-0.2, -0.15) is 0 Å². The van der Waals surface area contributed by atoms with Crippen molar-refractivity contribution in [3.05, 3.63) is 0 Å². The average Bonchev–Trinajstić information content (AvgIpc) is 2.16. The van der Waals surface area contributed by atoms with Gasteiger partial charge in [0.1, 0.15) is 0 Å². The third-order valence-corrected chi connectivity index (χ3v) is 3.00. The summed E-state index contributed by atoms with van der Waals surface area (Å²) in [5.74, 6) is 0.805. The molecule has 0 bridgehead atoms. The second-order valence-corrected chi connectivity index (χ2v) is 5.29. The van der Waals surface area contributed by atoms with Gasteiger partial charge in [0.15, 0.2) is 0 Å². The molecule has 0 aromatic carbocycles. The highest BCUT2D eigenvalue weighted by atomic mass is 32.1. The van der Waals surface area contributed by atoms with Crippen LogP contribution in [0.5, 0.6) is 0 Å². The fraction of sp³-hybridized carbons (Fsp3) is 0.909. The van der Waals surface area contributed by atoms with Crippen molar-refractivity contribution in [1.82, 2.24) is 9.80 Å². The van der Waals surface area contributed by atoms with Crippen molar-refractivity contribution in [2.24, 2.45) is 11.7 Å². The van der Waals surface area contributed by atoms with E-state index >= 15 is 0 Å². The average molecular weight is 229 g/mol. The van der Waals surface area contributed by atoms with Crippen molar-refractivity contribution in [3.63, 3.8) is 0 Å². The Hall–Kier alpha value is -0.190. The predicted molar refractivity (Wildman–Crippen MR) is 69.1 cm³/mol. The first-order valence-corrected chi connectivity index (χ1v) is 6.21. The number of hydrogen-bond donors (Lipinski definition) is 1. The van der Waals surface area contributed by atoms with Crippen LogP contribution in [0.15, 0.2) is 0 Å². The SMILES string of the molecule is CC(C)CCN1CCN(CC(N)=S)CC1. The standard InChI is InChI=1S/C11H23N3S/c1-10(2)3-4-13-5-7-14(8-6-13)9-11(12)15/h10H,3-9H2,1-2H3,(H2,12,15). The Morgan fingerprint density at radius 2 is 1.73 bits per heavy atom. The van der Waals surface area contributed by atoms with Gasteiger partial charge >= 0.3 is 0 Å². The first-order chi connectivity index (χ1) is 7.08. The summed E-state index contributed by atoms with van der Waals surface area (Å²) in [6, 6.07) is 0. The lowest BCUT2D eigenvalue weighted by Gasteiger charge is -2.34. The molecule has 1 aliphatic heterocycles. The molecule has 1 rings (SSSR count). The van der Waals surface area contributed by atoms with E-state index in [4.69, 9.17) is 18.0 Å². The second kappa shape index (κ2) is 6.40. The minimum absolute atomic E-state index is 0.616. The Kier molecular flexibility index (Phi) is 5.50. The molecule has 1 fully saturated rings. The number of rotatable bonds is 5. The van der Waals surface area contributed by atoms with Crippen LogP contribution in [-0.4, -0.2) is 54.1 Å². The molecular weight excluding hydrogens is 206 g/mol. The van der Waals surface area contributed by atoms with E-state index in [1.54, 1.807) is 0 Å². The van der Waals surface area contributed by atoms with Gasteiger partial charge in [-0.25, -0.2) is 0 Å². The van der Waals surface area contributed by atoms with E-state index in [0.29, 0.717) is 4.99 Å². The minimum Gasteiger partial charge on any atom is -0.392 e. The lowest BCUT2D eigenvalue weighted by molar-refractivity contribution is 0.141. The minimum atomic E-state index is 0.616. The van der Waals surface area contributed by atoms with Crippen LogP contribution in [0.25, 0.3) is 0 Å². The first kappa shape index (κ1) is 12.9. The van der Waals surface area contributed by atoms with Gasteiger partial charge in [-0.3, -0.25) is 4.90 Å². The molecule has 1 saturated heterocycles. The van der Waals surface area contributed by atoms with Crippen LogP contribution < -0.4 is 5.73 Å². The zero-order valence-electron chi connectivity index (χ0n) is 9.91. The lowest BCUT2D eigenvalue weighted by Crippen LogP contribution is -2.48. The maximum atomic E-state index is 5.53. The van der Waals surface area contributed by atoms with Gasteiger partial charge in [0.05, 0.1) is 4.99 Å². The zero-order valence-corrected chi connectivity index (χ0v) is 10.7. The normalized spacial score (nSPS) is 19.7. The van der Waals surface area contributed by atoms with E-state index in [-0.39, 0.29) is 0 Å². The maximum absolute atomic E-state index is 5.53. The fourth-order valence-electron chi connectivity index (χ4n) is 1.83. The second-order valence-electron chi connectivity index (χ2n) is 4.77. The van der Waals surface area contributed by atoms with Crippen molar-refractivity contribution < 1.29 is 0 Å². The third-order valence-electron chi connectivity index (χ3n) is 2.87. The van der Waals surface area contributed by atoms with Gasteiger partial charge in [-0.1, -0.05) is 26.1 Å². The molecule has 15 heavy (non-hydrogen) atoms. The maximum Gasteiger partial charge on any atom is 0.0870 e. The van der Waals surface area contributed by atoms with Gasteiger partial charge in [0, 0.05) is 32.7 Å². The zero-order chi connectivity index (χ0) is 11.3. The van der Waals surface area contributed by atoms with E-state index in [1.165, 1.54) is 13.0 Å². The molecule has 0 amide bonds. The molecule has 1 aliphatic rings. The van der Waals surface area contributed by atoms with E-state index in [9.17, 15) is 0 Å². The Bertz CT molecular complexity index is 198. The van der Waals surface area contributed by atoms with Crippen LogP contribution >= 0.6 is 12.2 Å². The molecule has 88 valence electrons. The summed E-state index contributed by atoms with van der Waals surface area (Å²) >= 11 is 4.91. The highest BCUT2D eigenvalue weighted by molar-refractivity contribution is 7.80. The van der Waals surface area contributed by atoms with Crippen LogP contribution in [0.2, 0.25) is 0 Å². The van der Waals surface area contributed by atoms with Crippen LogP contribution in [0.3, 0.4) is 0 Å². The fourth-order valence-corrected chi connectivity index (χ4v) is 2.01. The monoisotopic (exact) mass is 229 g/mol. The molecule has 0 aliphatic carbocycles. The number of thiocarbonyl (C=S) groups is 1. The number of nitrogens with zero attached hydrogens (tertiary/aromatic N) is 2. The predicted octanol–water partition coefficient (Wildman–Crippen LogP) is 0.936. The van der Waals surface area contributed by atoms with Crippen LogP contribution in [0, 0.1) is 5.92 Å². The molecule has 0 aromatic rings. The van der Waals surface area contributed by atoms with E-state index in [2.05, 4.69) is 23.6 Å². The van der Waals surface area contributed by atoms with Crippen molar-refractivity contribution in [1.29, 1.82) is 0 Å². The summed E-state index contributed by atoms with van der Waals surface area (Å²) in [6.07, 6.45) is 1.30. The number of piperazine rings is 1. The third kappa shape index (κ3) is 5.44. The molecule has 0 aromatic heterocycles. The van der Waals surface area contributed by atoms with Crippen molar-refractivity contribution >= 4 is 17.2 Å². The molecule has 0 unspecified atom stereocenters. The molecule has 0 saturated carbocycles. The summed E-state index contributed by atoms with van der Waals surface area (Å²) < 4.78 is 0. The quantitative estimate of drug-likeness (QED) is 0.711. The molecule has 0 radical (unpaired) electrons. The van der Waals surface area contributed by atoms with Crippen LogP contribution in [0.4, 0.5) is 0 Å². The first-order valence-electron chi connectivity index (χ1n) is 5.81. The van der Waals surface area contributed by atoms with Crippen molar-refractivity contribution in [3.8, 4) is 0 Å². The molecular formula is C11H23N3S. The van der Waals surface area contributed by atoms with Gasteiger partial charge < -0.3 is 10.6 Å². The highest BCUT2D eigenvalue weighted by Gasteiger charge is 2.16. The molecule has 1 heterocycles. The Morgan fingerprint density at radius 3 is 2.20 bits per heavy atom. The summed E-state index contributed by atoms with van der Waals surface area (Å²) in [5, 5.41) is 0. The summed E-state index contributed by atoms with van der Waals surface area (Å²) in [5.41, 5.74) is 5.53. The molecule has 4 heteroatoms. The summed E-state index contributed by atoms with van der Waals surface area (Å²) in [6.45, 7) is 11.1. The van der Waals surface area contributed by atoms with E-state index in [0.717, 1.165) is 38.6 Å². The van der Waals surface area contributed by atoms with Gasteiger partial charge in [-0.05, 0) is 18.9 Å². The largest absolute Gasteiger partial charge is 0.392 e. The molecule has 2 N–H and O–H groups in total. The summed E-state index contributed by atoms with van der Waals surface area (Å²) in [4.78, 5) is 5.50. The van der Waals surface area contributed by atoms with Gasteiger partial charge in [0.25, 0.3) is 0 Å². The number of nitrogens with two attached hydrogens (primary N) is 1.